The molecule has 2 unspecified atom stereocenters. The first-order chi connectivity index (χ1) is 16.5. The summed E-state index contributed by atoms with van der Waals surface area (Å²) in [5.74, 6) is -0.909. The predicted octanol–water partition coefficient (Wildman–Crippen LogP) is 3.53. The van der Waals surface area contributed by atoms with Gasteiger partial charge in [0, 0.05) is 24.5 Å². The molecule has 2 atom stereocenters. The van der Waals surface area contributed by atoms with Crippen LogP contribution in [-0.2, 0) is 14.3 Å². The van der Waals surface area contributed by atoms with E-state index in [9.17, 15) is 14.4 Å². The smallest absolute Gasteiger partial charge is 0.407 e. The van der Waals surface area contributed by atoms with Crippen LogP contribution in [0.3, 0.4) is 0 Å². The summed E-state index contributed by atoms with van der Waals surface area (Å²) >= 11 is 0. The molecule has 0 saturated heterocycles. The minimum absolute atomic E-state index is 0.342. The molecule has 176 valence electrons. The number of nitrogens with zero attached hydrogens (tertiary/aromatic N) is 1. The van der Waals surface area contributed by atoms with Gasteiger partial charge in [0.15, 0.2) is 0 Å². The lowest BCUT2D eigenvalue weighted by atomic mass is 9.99. The minimum Gasteiger partial charge on any atom is -0.453 e. The van der Waals surface area contributed by atoms with E-state index >= 15 is 0 Å². The number of hydrogen-bond acceptors (Lipinski definition) is 5. The van der Waals surface area contributed by atoms with Gasteiger partial charge in [0.1, 0.15) is 12.1 Å². The maximum absolute atomic E-state index is 13.3. The number of nitrogens with one attached hydrogen (secondary N) is 3. The van der Waals surface area contributed by atoms with Gasteiger partial charge in [0.2, 0.25) is 11.8 Å². The zero-order valence-electron chi connectivity index (χ0n) is 19.2. The van der Waals surface area contributed by atoms with Gasteiger partial charge in [-0.3, -0.25) is 14.6 Å². The number of carbonyl (C=O) groups is 3. The number of pyridine rings is 1. The molecular weight excluding hydrogens is 432 g/mol. The van der Waals surface area contributed by atoms with Crippen LogP contribution in [0.4, 0.5) is 4.79 Å². The molecule has 0 aliphatic carbocycles. The average Bonchev–Trinajstić information content (AvgIpc) is 2.89. The van der Waals surface area contributed by atoms with Crippen molar-refractivity contribution in [3.05, 3.63) is 90.3 Å². The number of alkyl carbamates (subject to hydrolysis) is 1. The number of ether oxygens (including phenoxy) is 1. The average molecular weight is 461 g/mol. The first-order valence-electron chi connectivity index (χ1n) is 11.0. The molecule has 0 spiro atoms. The molecule has 3 amide bonds. The Morgan fingerprint density at radius 1 is 0.824 bits per heavy atom. The molecule has 3 aromatic rings. The lowest BCUT2D eigenvalue weighted by molar-refractivity contribution is -0.130. The summed E-state index contributed by atoms with van der Waals surface area (Å²) in [6, 6.07) is 18.6. The third kappa shape index (κ3) is 6.41. The first-order valence-corrected chi connectivity index (χ1v) is 11.0. The predicted molar refractivity (Wildman–Crippen MR) is 129 cm³/mol. The zero-order chi connectivity index (χ0) is 24.3. The number of benzene rings is 2. The minimum atomic E-state index is -1.09. The highest BCUT2D eigenvalue weighted by Gasteiger charge is 2.29. The Bertz CT molecular complexity index is 1090. The van der Waals surface area contributed by atoms with E-state index in [0.717, 1.165) is 17.5 Å². The summed E-state index contributed by atoms with van der Waals surface area (Å²) in [7, 11) is 1.21. The second-order valence-corrected chi connectivity index (χ2v) is 7.58. The second kappa shape index (κ2) is 12.2. The highest BCUT2D eigenvalue weighted by atomic mass is 16.5. The van der Waals surface area contributed by atoms with E-state index in [4.69, 9.17) is 0 Å². The van der Waals surface area contributed by atoms with E-state index in [2.05, 4.69) is 25.7 Å². The number of methoxy groups -OCH3 is 1. The normalized spacial score (nSPS) is 12.2. The van der Waals surface area contributed by atoms with Gasteiger partial charge in [0.05, 0.1) is 7.11 Å². The Morgan fingerprint density at radius 2 is 1.50 bits per heavy atom. The largest absolute Gasteiger partial charge is 0.453 e. The van der Waals surface area contributed by atoms with Crippen molar-refractivity contribution >= 4 is 17.9 Å². The van der Waals surface area contributed by atoms with Gasteiger partial charge in [-0.05, 0) is 29.2 Å². The van der Waals surface area contributed by atoms with Crippen LogP contribution in [0, 0.1) is 0 Å². The van der Waals surface area contributed by atoms with Crippen LogP contribution in [0.5, 0.6) is 0 Å². The van der Waals surface area contributed by atoms with E-state index in [1.54, 1.807) is 18.3 Å². The molecule has 8 heteroatoms. The molecule has 3 N–H and O–H groups in total. The maximum atomic E-state index is 13.3. The summed E-state index contributed by atoms with van der Waals surface area (Å²) in [5.41, 5.74) is 3.11. The third-order valence-corrected chi connectivity index (χ3v) is 5.18. The highest BCUT2D eigenvalue weighted by Crippen LogP contribution is 2.23. The number of carbonyl (C=O) groups excluding carboxylic acids is 3. The fraction of sp³-hybridized carbons (Fsp3) is 0.231. The van der Waals surface area contributed by atoms with Crippen LogP contribution in [0.25, 0.3) is 11.1 Å². The number of aromatic nitrogens is 1. The van der Waals surface area contributed by atoms with E-state index in [1.807, 2.05) is 61.5 Å². The molecule has 8 nitrogen and oxygen atoms in total. The van der Waals surface area contributed by atoms with Gasteiger partial charge in [0.25, 0.3) is 0 Å². The molecule has 0 radical (unpaired) electrons. The van der Waals surface area contributed by atoms with Crippen LogP contribution in [0.2, 0.25) is 0 Å². The van der Waals surface area contributed by atoms with Gasteiger partial charge in [-0.2, -0.15) is 0 Å². The topological polar surface area (TPSA) is 109 Å². The monoisotopic (exact) mass is 460 g/mol. The summed E-state index contributed by atoms with van der Waals surface area (Å²) in [5, 5.41) is 8.12. The van der Waals surface area contributed by atoms with Crippen molar-refractivity contribution in [2.24, 2.45) is 0 Å². The van der Waals surface area contributed by atoms with Crippen molar-refractivity contribution in [1.29, 1.82) is 0 Å². The lowest BCUT2D eigenvalue weighted by Gasteiger charge is -2.23. The Morgan fingerprint density at radius 3 is 2.12 bits per heavy atom. The van der Waals surface area contributed by atoms with Gasteiger partial charge in [-0.25, -0.2) is 4.79 Å². The lowest BCUT2D eigenvalue weighted by Crippen LogP contribution is -2.46. The summed E-state index contributed by atoms with van der Waals surface area (Å²) in [6.07, 6.45) is 3.01. The fourth-order valence-electron chi connectivity index (χ4n) is 3.40. The van der Waals surface area contributed by atoms with Crippen LogP contribution in [-0.4, -0.2) is 36.5 Å². The number of rotatable bonds is 9. The SMILES string of the molecule is CCCNC(=O)C(NC(=O)C(NC(=O)OC)c1cccnc1)c1ccc(-c2ccccc2)cc1. The van der Waals surface area contributed by atoms with Gasteiger partial charge in [-0.1, -0.05) is 67.6 Å². The molecule has 3 rings (SSSR count). The van der Waals surface area contributed by atoms with Crippen LogP contribution >= 0.6 is 0 Å². The Hall–Kier alpha value is -4.20. The van der Waals surface area contributed by atoms with Crippen molar-refractivity contribution in [2.45, 2.75) is 25.4 Å². The quantitative estimate of drug-likeness (QED) is 0.453. The van der Waals surface area contributed by atoms with Crippen LogP contribution in [0.15, 0.2) is 79.1 Å². The van der Waals surface area contributed by atoms with Gasteiger partial charge < -0.3 is 20.7 Å². The molecule has 1 heterocycles. The summed E-state index contributed by atoms with van der Waals surface area (Å²) in [4.78, 5) is 42.1. The van der Waals surface area contributed by atoms with E-state index in [0.29, 0.717) is 17.7 Å². The molecule has 0 bridgehead atoms. The van der Waals surface area contributed by atoms with Crippen molar-refractivity contribution < 1.29 is 19.1 Å². The Kier molecular flexibility index (Phi) is 8.73. The van der Waals surface area contributed by atoms with E-state index < -0.39 is 24.1 Å². The van der Waals surface area contributed by atoms with E-state index in [1.165, 1.54) is 13.3 Å². The molecule has 0 aliphatic rings. The standard InChI is InChI=1S/C26H28N4O4/c1-3-15-28-24(31)22(20-13-11-19(12-14-20)18-8-5-4-6-9-18)29-25(32)23(30-26(33)34-2)21-10-7-16-27-17-21/h4-14,16-17,22-23H,3,15H2,1-2H3,(H,28,31)(H,29,32)(H,30,33). The van der Waals surface area contributed by atoms with Crippen LogP contribution < -0.4 is 16.0 Å². The third-order valence-electron chi connectivity index (χ3n) is 5.18. The van der Waals surface area contributed by atoms with Crippen molar-refractivity contribution in [3.63, 3.8) is 0 Å². The zero-order valence-corrected chi connectivity index (χ0v) is 19.2. The molecule has 0 aliphatic heterocycles. The second-order valence-electron chi connectivity index (χ2n) is 7.58. The van der Waals surface area contributed by atoms with Crippen molar-refractivity contribution in [1.82, 2.24) is 20.9 Å². The Labute approximate surface area is 198 Å². The van der Waals surface area contributed by atoms with E-state index in [-0.39, 0.29) is 5.91 Å². The van der Waals surface area contributed by atoms with Crippen molar-refractivity contribution in [3.8, 4) is 11.1 Å². The molecule has 0 saturated carbocycles. The maximum Gasteiger partial charge on any atom is 0.407 e. The Balaban J connectivity index is 1.88. The molecular formula is C26H28N4O4. The van der Waals surface area contributed by atoms with Crippen molar-refractivity contribution in [2.75, 3.05) is 13.7 Å². The highest BCUT2D eigenvalue weighted by molar-refractivity contribution is 5.92. The van der Waals surface area contributed by atoms with Crippen LogP contribution in [0.1, 0.15) is 36.6 Å². The fourth-order valence-corrected chi connectivity index (χ4v) is 3.40. The molecule has 0 fully saturated rings. The molecule has 34 heavy (non-hydrogen) atoms. The van der Waals surface area contributed by atoms with Gasteiger partial charge in [-0.15, -0.1) is 0 Å². The van der Waals surface area contributed by atoms with Gasteiger partial charge >= 0.3 is 6.09 Å². The molecule has 1 aromatic heterocycles. The summed E-state index contributed by atoms with van der Waals surface area (Å²) < 4.78 is 4.67. The first kappa shape index (κ1) is 24.4. The summed E-state index contributed by atoms with van der Waals surface area (Å²) in [6.45, 7) is 2.42. The molecule has 2 aromatic carbocycles. The number of hydrogen-bond donors (Lipinski definition) is 3. The number of amides is 3.